The van der Waals surface area contributed by atoms with Crippen LogP contribution in [-0.4, -0.2) is 30.5 Å². The van der Waals surface area contributed by atoms with Crippen molar-refractivity contribution >= 4 is 51.5 Å². The van der Waals surface area contributed by atoms with Crippen molar-refractivity contribution in [1.82, 2.24) is 24.7 Å². The molecule has 7 nitrogen and oxygen atoms in total. The van der Waals surface area contributed by atoms with E-state index < -0.39 is 5.78 Å². The van der Waals surface area contributed by atoms with E-state index >= 15 is 0 Å². The van der Waals surface area contributed by atoms with E-state index in [9.17, 15) is 4.79 Å². The quantitative estimate of drug-likeness (QED) is 0.275. The number of fused-ring (bicyclic) bond motifs is 1. The summed E-state index contributed by atoms with van der Waals surface area (Å²) in [6.45, 7) is 2.28. The zero-order valence-corrected chi connectivity index (χ0v) is 19.4. The number of benzene rings is 2. The molecule has 3 heterocycles. The molecule has 0 fully saturated rings. The molecule has 0 saturated heterocycles. The van der Waals surface area contributed by atoms with Gasteiger partial charge in [0.2, 0.25) is 0 Å². The Hall–Kier alpha value is -3.26. The summed E-state index contributed by atoms with van der Waals surface area (Å²) in [5.74, 6) is -0.551. The Kier molecular flexibility index (Phi) is 5.62. The van der Waals surface area contributed by atoms with Gasteiger partial charge in [0.1, 0.15) is 17.2 Å². The van der Waals surface area contributed by atoms with Gasteiger partial charge in [-0.2, -0.15) is 0 Å². The van der Waals surface area contributed by atoms with Crippen LogP contribution in [0.15, 0.2) is 59.4 Å². The summed E-state index contributed by atoms with van der Waals surface area (Å²) >= 11 is 19.2. The number of ketones is 1. The van der Waals surface area contributed by atoms with Crippen molar-refractivity contribution in [3.05, 3.63) is 92.8 Å². The summed E-state index contributed by atoms with van der Waals surface area (Å²) in [7, 11) is 0. The lowest BCUT2D eigenvalue weighted by Gasteiger charge is -2.10. The van der Waals surface area contributed by atoms with Gasteiger partial charge < -0.3 is 8.98 Å². The Bertz CT molecular complexity index is 1510. The SMILES string of the molecule is Cc1ccc2c(c1)c(C(=O)c1nnc(-c3ccncn3)o1)c(Cl)n2Cc1ccc(Cl)cc1Cl. The van der Waals surface area contributed by atoms with Crippen LogP contribution >= 0.6 is 34.8 Å². The fourth-order valence-electron chi connectivity index (χ4n) is 3.57. The average Bonchev–Trinajstić information content (AvgIpc) is 3.39. The summed E-state index contributed by atoms with van der Waals surface area (Å²) < 4.78 is 7.43. The van der Waals surface area contributed by atoms with Gasteiger partial charge in [-0.15, -0.1) is 10.2 Å². The van der Waals surface area contributed by atoms with Crippen LogP contribution < -0.4 is 0 Å². The molecule has 0 atom stereocenters. The van der Waals surface area contributed by atoms with Gasteiger partial charge in [0.05, 0.1) is 17.6 Å². The van der Waals surface area contributed by atoms with Crippen molar-refractivity contribution in [3.8, 4) is 11.6 Å². The van der Waals surface area contributed by atoms with Crippen LogP contribution in [0, 0.1) is 6.92 Å². The maximum absolute atomic E-state index is 13.4. The van der Waals surface area contributed by atoms with E-state index in [1.54, 1.807) is 24.4 Å². The lowest BCUT2D eigenvalue weighted by atomic mass is 10.1. The molecule has 33 heavy (non-hydrogen) atoms. The van der Waals surface area contributed by atoms with Crippen LogP contribution in [0.1, 0.15) is 27.4 Å². The van der Waals surface area contributed by atoms with E-state index in [0.29, 0.717) is 27.7 Å². The van der Waals surface area contributed by atoms with E-state index in [0.717, 1.165) is 16.6 Å². The van der Waals surface area contributed by atoms with E-state index in [2.05, 4.69) is 20.2 Å². The first-order chi connectivity index (χ1) is 15.9. The Morgan fingerprint density at radius 3 is 2.67 bits per heavy atom. The lowest BCUT2D eigenvalue weighted by molar-refractivity contribution is 0.100. The van der Waals surface area contributed by atoms with Gasteiger partial charge in [0, 0.05) is 21.6 Å². The molecule has 2 aromatic carbocycles. The number of halogens is 3. The van der Waals surface area contributed by atoms with Crippen LogP contribution in [0.5, 0.6) is 0 Å². The molecular weight excluding hydrogens is 485 g/mol. The summed E-state index contributed by atoms with van der Waals surface area (Å²) in [5, 5.41) is 9.84. The second-order valence-corrected chi connectivity index (χ2v) is 8.55. The van der Waals surface area contributed by atoms with Gasteiger partial charge in [-0.25, -0.2) is 9.97 Å². The van der Waals surface area contributed by atoms with Gasteiger partial charge in [-0.05, 0) is 42.8 Å². The molecule has 164 valence electrons. The highest BCUT2D eigenvalue weighted by Gasteiger charge is 2.27. The van der Waals surface area contributed by atoms with Crippen molar-refractivity contribution < 1.29 is 9.21 Å². The van der Waals surface area contributed by atoms with E-state index in [1.807, 2.05) is 35.8 Å². The predicted octanol–water partition coefficient (Wildman–Crippen LogP) is 6.03. The summed E-state index contributed by atoms with van der Waals surface area (Å²) in [6, 6.07) is 12.6. The highest BCUT2D eigenvalue weighted by molar-refractivity contribution is 6.37. The molecular formula is C23H14Cl3N5O2. The van der Waals surface area contributed by atoms with Gasteiger partial charge in [-0.1, -0.05) is 52.5 Å². The van der Waals surface area contributed by atoms with Gasteiger partial charge in [0.15, 0.2) is 0 Å². The van der Waals surface area contributed by atoms with Crippen LogP contribution in [0.25, 0.3) is 22.5 Å². The number of hydrogen-bond acceptors (Lipinski definition) is 6. The molecule has 5 rings (SSSR count). The van der Waals surface area contributed by atoms with Crippen molar-refractivity contribution in [2.75, 3.05) is 0 Å². The highest BCUT2D eigenvalue weighted by atomic mass is 35.5. The number of carbonyl (C=O) groups is 1. The zero-order chi connectivity index (χ0) is 23.1. The number of hydrogen-bond donors (Lipinski definition) is 0. The van der Waals surface area contributed by atoms with Crippen molar-refractivity contribution in [2.45, 2.75) is 13.5 Å². The first-order valence-corrected chi connectivity index (χ1v) is 10.9. The predicted molar refractivity (Wildman–Crippen MR) is 126 cm³/mol. The lowest BCUT2D eigenvalue weighted by Crippen LogP contribution is -2.04. The standard InChI is InChI=1S/C23H14Cl3N5O2/c1-12-2-5-18-15(8-12)19(21(26)31(18)10-13-3-4-14(24)9-16(13)25)20(32)23-30-29-22(33-23)17-6-7-27-11-28-17/h2-9,11H,10H2,1H3. The fraction of sp³-hybridized carbons (Fsp3) is 0.0870. The third kappa shape index (κ3) is 3.99. The fourth-order valence-corrected chi connectivity index (χ4v) is 4.38. The molecule has 0 aliphatic heterocycles. The van der Waals surface area contributed by atoms with Crippen LogP contribution in [0.3, 0.4) is 0 Å². The molecule has 0 amide bonds. The third-order valence-electron chi connectivity index (χ3n) is 5.15. The number of rotatable bonds is 5. The largest absolute Gasteiger partial charge is 0.412 e. The third-order valence-corrected chi connectivity index (χ3v) is 6.13. The normalized spacial score (nSPS) is 11.3. The Morgan fingerprint density at radius 2 is 1.91 bits per heavy atom. The second kappa shape index (κ2) is 8.59. The molecule has 0 aliphatic carbocycles. The molecule has 0 radical (unpaired) electrons. The highest BCUT2D eigenvalue weighted by Crippen LogP contribution is 2.34. The van der Waals surface area contributed by atoms with Gasteiger partial charge >= 0.3 is 0 Å². The van der Waals surface area contributed by atoms with E-state index in [-0.39, 0.29) is 22.5 Å². The molecule has 10 heteroatoms. The number of aryl methyl sites for hydroxylation is 1. The smallest absolute Gasteiger partial charge is 0.289 e. The molecule has 5 aromatic rings. The monoisotopic (exact) mass is 497 g/mol. The van der Waals surface area contributed by atoms with Crippen molar-refractivity contribution in [2.24, 2.45) is 0 Å². The molecule has 0 spiro atoms. The number of carbonyl (C=O) groups excluding carboxylic acids is 1. The second-order valence-electron chi connectivity index (χ2n) is 7.34. The Balaban J connectivity index is 1.61. The van der Waals surface area contributed by atoms with Gasteiger partial charge in [0.25, 0.3) is 17.6 Å². The van der Waals surface area contributed by atoms with Crippen LogP contribution in [-0.2, 0) is 6.54 Å². The van der Waals surface area contributed by atoms with Crippen molar-refractivity contribution in [3.63, 3.8) is 0 Å². The number of nitrogens with zero attached hydrogens (tertiary/aromatic N) is 5. The van der Waals surface area contributed by atoms with Gasteiger partial charge in [-0.3, -0.25) is 4.79 Å². The molecule has 0 unspecified atom stereocenters. The van der Waals surface area contributed by atoms with E-state index in [4.69, 9.17) is 39.2 Å². The minimum absolute atomic E-state index is 0.115. The van der Waals surface area contributed by atoms with Crippen LogP contribution in [0.4, 0.5) is 0 Å². The number of aromatic nitrogens is 5. The maximum atomic E-state index is 13.4. The molecule has 0 saturated carbocycles. The minimum Gasteiger partial charge on any atom is -0.412 e. The molecule has 0 bridgehead atoms. The molecule has 3 aromatic heterocycles. The molecule has 0 N–H and O–H groups in total. The minimum atomic E-state index is -0.482. The summed E-state index contributed by atoms with van der Waals surface area (Å²) in [5.41, 5.74) is 3.25. The maximum Gasteiger partial charge on any atom is 0.289 e. The molecule has 0 aliphatic rings. The van der Waals surface area contributed by atoms with Crippen molar-refractivity contribution in [1.29, 1.82) is 0 Å². The average molecular weight is 499 g/mol. The van der Waals surface area contributed by atoms with E-state index in [1.165, 1.54) is 6.33 Å². The summed E-state index contributed by atoms with van der Waals surface area (Å²) in [4.78, 5) is 21.4. The summed E-state index contributed by atoms with van der Waals surface area (Å²) in [6.07, 6.45) is 2.90. The van der Waals surface area contributed by atoms with Crippen LogP contribution in [0.2, 0.25) is 15.2 Å². The topological polar surface area (TPSA) is 86.7 Å². The Labute approximate surface area is 203 Å². The first-order valence-electron chi connectivity index (χ1n) is 9.79. The zero-order valence-electron chi connectivity index (χ0n) is 17.1. The Morgan fingerprint density at radius 1 is 1.06 bits per heavy atom. The first kappa shape index (κ1) is 21.6.